The number of rotatable bonds is 3. The van der Waals surface area contributed by atoms with Crippen molar-refractivity contribution in [2.45, 2.75) is 19.9 Å². The standard InChI is InChI=1S/C11H14ClNO2/c1-7-4-5-9(12)6-10(7)13-8(2)11(14)15-3/h4-6,8,13H,1-3H3. The Kier molecular flexibility index (Phi) is 3.97. The summed E-state index contributed by atoms with van der Waals surface area (Å²) in [5.41, 5.74) is 1.88. The fourth-order valence-corrected chi connectivity index (χ4v) is 1.39. The SMILES string of the molecule is COC(=O)C(C)Nc1cc(Cl)ccc1C. The first-order valence-corrected chi connectivity index (χ1v) is 5.03. The number of methoxy groups -OCH3 is 1. The molecule has 0 heterocycles. The summed E-state index contributed by atoms with van der Waals surface area (Å²) in [6.45, 7) is 3.69. The Bertz CT molecular complexity index is 366. The Morgan fingerprint density at radius 3 is 2.80 bits per heavy atom. The predicted octanol–water partition coefficient (Wildman–Crippen LogP) is 2.62. The second-order valence-electron chi connectivity index (χ2n) is 3.35. The van der Waals surface area contributed by atoms with Crippen LogP contribution in [-0.2, 0) is 9.53 Å². The highest BCUT2D eigenvalue weighted by atomic mass is 35.5. The van der Waals surface area contributed by atoms with Crippen molar-refractivity contribution in [3.63, 3.8) is 0 Å². The molecule has 3 nitrogen and oxygen atoms in total. The van der Waals surface area contributed by atoms with E-state index in [0.29, 0.717) is 5.02 Å². The summed E-state index contributed by atoms with van der Waals surface area (Å²) >= 11 is 5.86. The van der Waals surface area contributed by atoms with Gasteiger partial charge in [0.15, 0.2) is 0 Å². The fourth-order valence-electron chi connectivity index (χ4n) is 1.22. The molecule has 0 aromatic heterocycles. The molecule has 0 amide bonds. The number of anilines is 1. The van der Waals surface area contributed by atoms with Gasteiger partial charge in [-0.2, -0.15) is 0 Å². The maximum absolute atomic E-state index is 11.2. The zero-order chi connectivity index (χ0) is 11.4. The van der Waals surface area contributed by atoms with Crippen molar-refractivity contribution in [2.75, 3.05) is 12.4 Å². The number of hydrogen-bond donors (Lipinski definition) is 1. The third-order valence-electron chi connectivity index (χ3n) is 2.13. The molecule has 1 unspecified atom stereocenters. The number of nitrogens with one attached hydrogen (secondary N) is 1. The number of carbonyl (C=O) groups excluding carboxylic acids is 1. The Balaban J connectivity index is 2.80. The van der Waals surface area contributed by atoms with Crippen LogP contribution >= 0.6 is 11.6 Å². The summed E-state index contributed by atoms with van der Waals surface area (Å²) < 4.78 is 4.62. The number of aryl methyl sites for hydroxylation is 1. The minimum Gasteiger partial charge on any atom is -0.467 e. The largest absolute Gasteiger partial charge is 0.467 e. The zero-order valence-electron chi connectivity index (χ0n) is 9.00. The fraction of sp³-hybridized carbons (Fsp3) is 0.364. The number of halogens is 1. The normalized spacial score (nSPS) is 12.0. The topological polar surface area (TPSA) is 38.3 Å². The molecule has 15 heavy (non-hydrogen) atoms. The van der Waals surface area contributed by atoms with E-state index in [0.717, 1.165) is 11.3 Å². The molecule has 4 heteroatoms. The molecule has 0 aliphatic heterocycles. The third-order valence-corrected chi connectivity index (χ3v) is 2.36. The predicted molar refractivity (Wildman–Crippen MR) is 61.3 cm³/mol. The van der Waals surface area contributed by atoms with Crippen LogP contribution in [0.1, 0.15) is 12.5 Å². The molecule has 1 aromatic rings. The van der Waals surface area contributed by atoms with Crippen molar-refractivity contribution in [1.29, 1.82) is 0 Å². The van der Waals surface area contributed by atoms with E-state index in [-0.39, 0.29) is 12.0 Å². The summed E-state index contributed by atoms with van der Waals surface area (Å²) in [6.07, 6.45) is 0. The second-order valence-corrected chi connectivity index (χ2v) is 3.78. The molecule has 0 aliphatic carbocycles. The summed E-state index contributed by atoms with van der Waals surface area (Å²) in [6, 6.07) is 5.11. The molecular weight excluding hydrogens is 214 g/mol. The van der Waals surface area contributed by atoms with Gasteiger partial charge in [0.1, 0.15) is 6.04 Å². The van der Waals surface area contributed by atoms with Crippen molar-refractivity contribution in [1.82, 2.24) is 0 Å². The van der Waals surface area contributed by atoms with E-state index >= 15 is 0 Å². The Morgan fingerprint density at radius 1 is 1.53 bits per heavy atom. The van der Waals surface area contributed by atoms with Gasteiger partial charge in [-0.15, -0.1) is 0 Å². The van der Waals surface area contributed by atoms with Gasteiger partial charge in [-0.25, -0.2) is 4.79 Å². The highest BCUT2D eigenvalue weighted by Gasteiger charge is 2.13. The number of carbonyl (C=O) groups is 1. The van der Waals surface area contributed by atoms with Crippen LogP contribution in [0, 0.1) is 6.92 Å². The summed E-state index contributed by atoms with van der Waals surface area (Å²) in [5, 5.41) is 3.68. The zero-order valence-corrected chi connectivity index (χ0v) is 9.76. The van der Waals surface area contributed by atoms with Crippen molar-refractivity contribution < 1.29 is 9.53 Å². The summed E-state index contributed by atoms with van der Waals surface area (Å²) in [4.78, 5) is 11.2. The molecule has 1 aromatic carbocycles. The van der Waals surface area contributed by atoms with Gasteiger partial charge >= 0.3 is 5.97 Å². The van der Waals surface area contributed by atoms with Gasteiger partial charge in [0.05, 0.1) is 7.11 Å². The third kappa shape index (κ3) is 3.13. The number of hydrogen-bond acceptors (Lipinski definition) is 3. The van der Waals surface area contributed by atoms with E-state index in [1.165, 1.54) is 7.11 Å². The van der Waals surface area contributed by atoms with Gasteiger partial charge in [-0.1, -0.05) is 17.7 Å². The van der Waals surface area contributed by atoms with Crippen LogP contribution in [0.5, 0.6) is 0 Å². The molecule has 1 rings (SSSR count). The van der Waals surface area contributed by atoms with E-state index in [1.54, 1.807) is 13.0 Å². The average molecular weight is 228 g/mol. The van der Waals surface area contributed by atoms with E-state index in [4.69, 9.17) is 11.6 Å². The van der Waals surface area contributed by atoms with Crippen LogP contribution in [0.25, 0.3) is 0 Å². The quantitative estimate of drug-likeness (QED) is 0.807. The Labute approximate surface area is 94.4 Å². The van der Waals surface area contributed by atoms with E-state index < -0.39 is 0 Å². The van der Waals surface area contributed by atoms with Crippen LogP contribution in [-0.4, -0.2) is 19.1 Å². The molecule has 1 N–H and O–H groups in total. The van der Waals surface area contributed by atoms with Crippen LogP contribution in [0.15, 0.2) is 18.2 Å². The van der Waals surface area contributed by atoms with Gasteiger partial charge in [0.2, 0.25) is 0 Å². The lowest BCUT2D eigenvalue weighted by Gasteiger charge is -2.15. The molecule has 0 radical (unpaired) electrons. The van der Waals surface area contributed by atoms with Gasteiger partial charge in [-0.3, -0.25) is 0 Å². The highest BCUT2D eigenvalue weighted by molar-refractivity contribution is 6.30. The molecule has 0 saturated heterocycles. The molecule has 0 aliphatic rings. The number of ether oxygens (including phenoxy) is 1. The van der Waals surface area contributed by atoms with Gasteiger partial charge < -0.3 is 10.1 Å². The minimum absolute atomic E-state index is 0.297. The lowest BCUT2D eigenvalue weighted by molar-refractivity contribution is -0.141. The summed E-state index contributed by atoms with van der Waals surface area (Å²) in [5.74, 6) is -0.297. The van der Waals surface area contributed by atoms with E-state index in [2.05, 4.69) is 10.1 Å². The van der Waals surface area contributed by atoms with Crippen molar-refractivity contribution in [3.8, 4) is 0 Å². The minimum atomic E-state index is -0.382. The molecule has 0 spiro atoms. The van der Waals surface area contributed by atoms with Gasteiger partial charge in [0, 0.05) is 10.7 Å². The Morgan fingerprint density at radius 2 is 2.20 bits per heavy atom. The maximum atomic E-state index is 11.2. The molecule has 1 atom stereocenters. The molecule has 0 bridgehead atoms. The van der Waals surface area contributed by atoms with Crippen molar-refractivity contribution >= 4 is 23.3 Å². The van der Waals surface area contributed by atoms with Crippen LogP contribution in [0.3, 0.4) is 0 Å². The molecule has 0 saturated carbocycles. The van der Waals surface area contributed by atoms with Crippen molar-refractivity contribution in [2.24, 2.45) is 0 Å². The first-order chi connectivity index (χ1) is 7.04. The molecule has 82 valence electrons. The molecule has 0 fully saturated rings. The summed E-state index contributed by atoms with van der Waals surface area (Å²) in [7, 11) is 1.37. The Hall–Kier alpha value is -1.22. The number of benzene rings is 1. The van der Waals surface area contributed by atoms with Crippen LogP contribution in [0.2, 0.25) is 5.02 Å². The second kappa shape index (κ2) is 5.03. The average Bonchev–Trinajstić information content (AvgIpc) is 2.22. The van der Waals surface area contributed by atoms with Crippen LogP contribution in [0.4, 0.5) is 5.69 Å². The first-order valence-electron chi connectivity index (χ1n) is 4.65. The lowest BCUT2D eigenvalue weighted by atomic mass is 10.2. The smallest absolute Gasteiger partial charge is 0.327 e. The maximum Gasteiger partial charge on any atom is 0.327 e. The van der Waals surface area contributed by atoms with E-state index in [1.807, 2.05) is 19.1 Å². The monoisotopic (exact) mass is 227 g/mol. The highest BCUT2D eigenvalue weighted by Crippen LogP contribution is 2.20. The first kappa shape index (κ1) is 11.9. The van der Waals surface area contributed by atoms with Gasteiger partial charge in [0.25, 0.3) is 0 Å². The van der Waals surface area contributed by atoms with E-state index in [9.17, 15) is 4.79 Å². The van der Waals surface area contributed by atoms with Crippen LogP contribution < -0.4 is 5.32 Å². The molecular formula is C11H14ClNO2. The lowest BCUT2D eigenvalue weighted by Crippen LogP contribution is -2.27. The number of esters is 1. The van der Waals surface area contributed by atoms with Crippen molar-refractivity contribution in [3.05, 3.63) is 28.8 Å². The van der Waals surface area contributed by atoms with Gasteiger partial charge in [-0.05, 0) is 31.5 Å².